The first-order chi connectivity index (χ1) is 11.3. The molecule has 1 aromatic rings. The molecule has 0 saturated heterocycles. The fourth-order valence-electron chi connectivity index (χ4n) is 6.37. The smallest absolute Gasteiger partial charge is 0.154 e. The summed E-state index contributed by atoms with van der Waals surface area (Å²) in [5.74, 6) is 6.41. The van der Waals surface area contributed by atoms with Gasteiger partial charge in [-0.2, -0.15) is 0 Å². The fourth-order valence-corrected chi connectivity index (χ4v) is 6.37. The number of hydrogen-bond acceptors (Lipinski definition) is 2. The van der Waals surface area contributed by atoms with Crippen molar-refractivity contribution in [1.29, 1.82) is 0 Å². The van der Waals surface area contributed by atoms with Crippen molar-refractivity contribution in [3.05, 3.63) is 23.9 Å². The molecule has 2 nitrogen and oxygen atoms in total. The quantitative estimate of drug-likeness (QED) is 0.692. The van der Waals surface area contributed by atoms with Crippen LogP contribution < -0.4 is 0 Å². The van der Waals surface area contributed by atoms with Gasteiger partial charge in [-0.25, -0.2) is 9.98 Å². The highest BCUT2D eigenvalue weighted by molar-refractivity contribution is 5.92. The summed E-state index contributed by atoms with van der Waals surface area (Å²) in [5.41, 5.74) is 2.81. The first-order valence-corrected chi connectivity index (χ1v) is 9.78. The molecule has 6 unspecified atom stereocenters. The number of fused-ring (bicyclic) bond motifs is 4. The van der Waals surface area contributed by atoms with E-state index in [-0.39, 0.29) is 0 Å². The van der Waals surface area contributed by atoms with Gasteiger partial charge in [0.25, 0.3) is 0 Å². The van der Waals surface area contributed by atoms with Crippen LogP contribution in [0.5, 0.6) is 0 Å². The molecule has 0 amide bonds. The maximum absolute atomic E-state index is 5.27. The standard InChI is InChI=1S/C21H28N2/c1-13-3-2-8-22-21(13)23-20(18-11-14-4-6-16(18)9-14)19-12-15-5-7-17(19)10-15/h2-3,8,14-19H,4-7,9-12H2,1H3. The Morgan fingerprint density at radius 1 is 0.957 bits per heavy atom. The van der Waals surface area contributed by atoms with Gasteiger partial charge in [-0.3, -0.25) is 0 Å². The molecule has 4 fully saturated rings. The number of nitrogens with zero attached hydrogens (tertiary/aromatic N) is 2. The van der Waals surface area contributed by atoms with Gasteiger partial charge in [0.05, 0.1) is 0 Å². The summed E-state index contributed by atoms with van der Waals surface area (Å²) in [4.78, 5) is 9.86. The molecular formula is C21H28N2. The highest BCUT2D eigenvalue weighted by Gasteiger charge is 2.48. The molecule has 4 aliphatic rings. The van der Waals surface area contributed by atoms with Crippen LogP contribution in [-0.4, -0.2) is 10.7 Å². The van der Waals surface area contributed by atoms with E-state index in [9.17, 15) is 0 Å². The van der Waals surface area contributed by atoms with Crippen molar-refractivity contribution in [2.45, 2.75) is 58.3 Å². The molecule has 122 valence electrons. The largest absolute Gasteiger partial charge is 0.237 e. The van der Waals surface area contributed by atoms with Crippen molar-refractivity contribution in [1.82, 2.24) is 4.98 Å². The first kappa shape index (κ1) is 14.2. The summed E-state index contributed by atoms with van der Waals surface area (Å²) < 4.78 is 0. The third-order valence-corrected chi connectivity index (χ3v) is 7.45. The minimum absolute atomic E-state index is 0.777. The third kappa shape index (κ3) is 2.37. The zero-order chi connectivity index (χ0) is 15.4. The number of aromatic nitrogens is 1. The summed E-state index contributed by atoms with van der Waals surface area (Å²) in [7, 11) is 0. The number of aliphatic imine (C=N–C) groups is 1. The van der Waals surface area contributed by atoms with Crippen LogP contribution in [-0.2, 0) is 0 Å². The van der Waals surface area contributed by atoms with Gasteiger partial charge in [-0.05, 0) is 80.8 Å². The highest BCUT2D eigenvalue weighted by atomic mass is 14.9. The molecule has 4 saturated carbocycles. The van der Waals surface area contributed by atoms with E-state index in [4.69, 9.17) is 4.99 Å². The number of rotatable bonds is 3. The molecule has 6 atom stereocenters. The molecule has 4 bridgehead atoms. The Labute approximate surface area is 139 Å². The molecule has 1 aromatic heterocycles. The van der Waals surface area contributed by atoms with Crippen LogP contribution in [0.3, 0.4) is 0 Å². The fraction of sp³-hybridized carbons (Fsp3) is 0.714. The molecule has 0 N–H and O–H groups in total. The van der Waals surface area contributed by atoms with E-state index in [0.29, 0.717) is 0 Å². The lowest BCUT2D eigenvalue weighted by Gasteiger charge is -2.31. The SMILES string of the molecule is Cc1cccnc1N=C(C1CC2CCC1C2)C1CC2CCC1C2. The highest BCUT2D eigenvalue weighted by Crippen LogP contribution is 2.55. The van der Waals surface area contributed by atoms with Crippen molar-refractivity contribution in [3.63, 3.8) is 0 Å². The lowest BCUT2D eigenvalue weighted by atomic mass is 9.75. The Morgan fingerprint density at radius 3 is 2.09 bits per heavy atom. The predicted octanol–water partition coefficient (Wildman–Crippen LogP) is 5.33. The molecule has 0 radical (unpaired) electrons. The molecule has 2 heteroatoms. The summed E-state index contributed by atoms with van der Waals surface area (Å²) in [5, 5.41) is 0. The van der Waals surface area contributed by atoms with Crippen molar-refractivity contribution in [2.75, 3.05) is 0 Å². The molecular weight excluding hydrogens is 280 g/mol. The van der Waals surface area contributed by atoms with E-state index in [2.05, 4.69) is 18.0 Å². The molecule has 0 spiro atoms. The van der Waals surface area contributed by atoms with Gasteiger partial charge in [0.15, 0.2) is 5.82 Å². The molecule has 23 heavy (non-hydrogen) atoms. The van der Waals surface area contributed by atoms with Gasteiger partial charge in [-0.1, -0.05) is 18.9 Å². The predicted molar refractivity (Wildman–Crippen MR) is 93.9 cm³/mol. The van der Waals surface area contributed by atoms with Crippen molar-refractivity contribution >= 4 is 11.5 Å². The molecule has 0 aromatic carbocycles. The number of pyridine rings is 1. The normalized spacial score (nSPS) is 40.7. The van der Waals surface area contributed by atoms with E-state index in [1.807, 2.05) is 12.3 Å². The Morgan fingerprint density at radius 2 is 1.61 bits per heavy atom. The van der Waals surface area contributed by atoms with E-state index in [0.717, 1.165) is 41.3 Å². The van der Waals surface area contributed by atoms with Crippen LogP contribution in [0.25, 0.3) is 0 Å². The lowest BCUT2D eigenvalue weighted by Crippen LogP contribution is -2.31. The van der Waals surface area contributed by atoms with Crippen LogP contribution >= 0.6 is 0 Å². The van der Waals surface area contributed by atoms with E-state index >= 15 is 0 Å². The zero-order valence-corrected chi connectivity index (χ0v) is 14.2. The Bertz CT molecular complexity index is 604. The van der Waals surface area contributed by atoms with Crippen molar-refractivity contribution in [2.24, 2.45) is 40.5 Å². The lowest BCUT2D eigenvalue weighted by molar-refractivity contribution is 0.362. The minimum Gasteiger partial charge on any atom is -0.237 e. The maximum atomic E-state index is 5.27. The summed E-state index contributed by atoms with van der Waals surface area (Å²) >= 11 is 0. The second-order valence-electron chi connectivity index (χ2n) is 8.74. The number of hydrogen-bond donors (Lipinski definition) is 0. The van der Waals surface area contributed by atoms with Crippen LogP contribution in [0.1, 0.15) is 56.9 Å². The van der Waals surface area contributed by atoms with Crippen LogP contribution in [0.4, 0.5) is 5.82 Å². The minimum atomic E-state index is 0.777. The molecule has 0 aliphatic heterocycles. The van der Waals surface area contributed by atoms with Gasteiger partial charge in [-0.15, -0.1) is 0 Å². The Balaban J connectivity index is 1.52. The van der Waals surface area contributed by atoms with Gasteiger partial charge in [0, 0.05) is 23.7 Å². The third-order valence-electron chi connectivity index (χ3n) is 7.45. The van der Waals surface area contributed by atoms with Gasteiger partial charge in [0.2, 0.25) is 0 Å². The Hall–Kier alpha value is -1.18. The number of aryl methyl sites for hydroxylation is 1. The van der Waals surface area contributed by atoms with Crippen molar-refractivity contribution in [3.8, 4) is 0 Å². The van der Waals surface area contributed by atoms with Gasteiger partial charge < -0.3 is 0 Å². The van der Waals surface area contributed by atoms with E-state index < -0.39 is 0 Å². The second kappa shape index (κ2) is 5.43. The molecule has 1 heterocycles. The van der Waals surface area contributed by atoms with Crippen LogP contribution in [0, 0.1) is 42.4 Å². The molecule has 5 rings (SSSR count). The summed E-state index contributed by atoms with van der Waals surface area (Å²) in [6, 6.07) is 4.19. The van der Waals surface area contributed by atoms with Gasteiger partial charge in [0.1, 0.15) is 0 Å². The van der Waals surface area contributed by atoms with Gasteiger partial charge >= 0.3 is 0 Å². The second-order valence-corrected chi connectivity index (χ2v) is 8.74. The van der Waals surface area contributed by atoms with E-state index in [1.54, 1.807) is 5.71 Å². The summed E-state index contributed by atoms with van der Waals surface area (Å²) in [6.07, 6.45) is 13.6. The first-order valence-electron chi connectivity index (χ1n) is 9.78. The topological polar surface area (TPSA) is 25.2 Å². The molecule has 4 aliphatic carbocycles. The van der Waals surface area contributed by atoms with Crippen molar-refractivity contribution < 1.29 is 0 Å². The monoisotopic (exact) mass is 308 g/mol. The van der Waals surface area contributed by atoms with Crippen LogP contribution in [0.15, 0.2) is 23.3 Å². The Kier molecular flexibility index (Phi) is 3.35. The van der Waals surface area contributed by atoms with E-state index in [1.165, 1.54) is 56.9 Å². The maximum Gasteiger partial charge on any atom is 0.154 e. The average molecular weight is 308 g/mol. The summed E-state index contributed by atoms with van der Waals surface area (Å²) in [6.45, 7) is 2.16. The average Bonchev–Trinajstić information content (AvgIpc) is 3.34. The zero-order valence-electron chi connectivity index (χ0n) is 14.2. The van der Waals surface area contributed by atoms with Crippen LogP contribution in [0.2, 0.25) is 0 Å².